The van der Waals surface area contributed by atoms with Crippen molar-refractivity contribution in [2.75, 3.05) is 17.2 Å². The number of carbonyl (C=O) groups is 3. The first-order valence-electron chi connectivity index (χ1n) is 8.59. The summed E-state index contributed by atoms with van der Waals surface area (Å²) in [5, 5.41) is 0.525. The third kappa shape index (κ3) is 4.43. The Morgan fingerprint density at radius 2 is 1.86 bits per heavy atom. The minimum atomic E-state index is -1.03. The second-order valence-corrected chi connectivity index (χ2v) is 7.41. The maximum atomic E-state index is 11.8. The number of fused-ring (bicyclic) bond motifs is 1. The molecule has 3 heterocycles. The first-order valence-corrected chi connectivity index (χ1v) is 9.40. The van der Waals surface area contributed by atoms with E-state index in [2.05, 4.69) is 16.5 Å². The predicted molar refractivity (Wildman–Crippen MR) is 100 cm³/mol. The summed E-state index contributed by atoms with van der Waals surface area (Å²) >= 11 is 1.29. The molecule has 1 saturated heterocycles. The van der Waals surface area contributed by atoms with Crippen molar-refractivity contribution in [3.8, 4) is 0 Å². The summed E-state index contributed by atoms with van der Waals surface area (Å²) < 4.78 is 21.8. The fourth-order valence-electron chi connectivity index (χ4n) is 3.08. The quantitative estimate of drug-likeness (QED) is 0.522. The van der Waals surface area contributed by atoms with E-state index in [4.69, 9.17) is 24.7 Å². The van der Waals surface area contributed by atoms with Crippen LogP contribution < -0.4 is 10.6 Å². The Labute approximate surface area is 170 Å². The zero-order valence-electron chi connectivity index (χ0n) is 16.0. The van der Waals surface area contributed by atoms with Crippen molar-refractivity contribution in [3.63, 3.8) is 0 Å². The van der Waals surface area contributed by atoms with Crippen LogP contribution in [0, 0.1) is 0 Å². The summed E-state index contributed by atoms with van der Waals surface area (Å²) in [6, 6.07) is 0. The average Bonchev–Trinajstić information content (AvgIpc) is 3.09. The number of ether oxygens (including phenoxy) is 4. The Balaban J connectivity index is 1.98. The molecule has 4 atom stereocenters. The fraction of sp³-hybridized carbons (Fsp3) is 0.471. The van der Waals surface area contributed by atoms with Crippen molar-refractivity contribution >= 4 is 41.4 Å². The zero-order chi connectivity index (χ0) is 21.3. The van der Waals surface area contributed by atoms with E-state index in [1.165, 1.54) is 32.5 Å². The Hall–Kier alpha value is -2.86. The van der Waals surface area contributed by atoms with E-state index in [9.17, 15) is 14.4 Å². The first kappa shape index (κ1) is 20.9. The molecule has 0 saturated carbocycles. The van der Waals surface area contributed by atoms with E-state index in [1.54, 1.807) is 11.1 Å². The number of thioether (sulfide) groups is 1. The second kappa shape index (κ2) is 8.25. The summed E-state index contributed by atoms with van der Waals surface area (Å²) in [5.41, 5.74) is 5.71. The van der Waals surface area contributed by atoms with Crippen LogP contribution in [0.4, 0.5) is 11.8 Å². The molecule has 0 bridgehead atoms. The number of hydrogen-bond donors (Lipinski definition) is 1. The van der Waals surface area contributed by atoms with Crippen LogP contribution in [0.1, 0.15) is 20.8 Å². The normalized spacial score (nSPS) is 25.5. The molecule has 0 radical (unpaired) electrons. The van der Waals surface area contributed by atoms with Gasteiger partial charge in [-0.1, -0.05) is 18.3 Å². The van der Waals surface area contributed by atoms with Crippen LogP contribution in [0.15, 0.2) is 22.7 Å². The van der Waals surface area contributed by atoms with Crippen molar-refractivity contribution in [2.24, 2.45) is 0 Å². The van der Waals surface area contributed by atoms with Crippen LogP contribution in [0.3, 0.4) is 0 Å². The molecule has 0 aliphatic carbocycles. The highest BCUT2D eigenvalue weighted by molar-refractivity contribution is 8.03. The number of hydrogen-bond acceptors (Lipinski definition) is 12. The molecule has 1 fully saturated rings. The van der Waals surface area contributed by atoms with E-state index in [1.807, 2.05) is 0 Å². The van der Waals surface area contributed by atoms with Gasteiger partial charge in [-0.15, -0.1) is 0 Å². The summed E-state index contributed by atoms with van der Waals surface area (Å²) in [4.78, 5) is 45.1. The molecule has 0 spiro atoms. The van der Waals surface area contributed by atoms with Gasteiger partial charge in [0.25, 0.3) is 0 Å². The largest absolute Gasteiger partial charge is 0.463 e. The van der Waals surface area contributed by atoms with Gasteiger partial charge in [-0.3, -0.25) is 19.3 Å². The summed E-state index contributed by atoms with van der Waals surface area (Å²) in [5.74, 6) is -1.28. The molecule has 3 rings (SSSR count). The molecule has 2 aliphatic heterocycles. The molecule has 0 aromatic carbocycles. The van der Waals surface area contributed by atoms with Crippen molar-refractivity contribution < 1.29 is 33.3 Å². The van der Waals surface area contributed by atoms with E-state index >= 15 is 0 Å². The monoisotopic (exact) mass is 424 g/mol. The lowest BCUT2D eigenvalue weighted by Gasteiger charge is -2.30. The first-order chi connectivity index (χ1) is 13.7. The van der Waals surface area contributed by atoms with Crippen molar-refractivity contribution in [1.82, 2.24) is 9.97 Å². The van der Waals surface area contributed by atoms with E-state index < -0.39 is 42.4 Å². The van der Waals surface area contributed by atoms with Crippen molar-refractivity contribution in [3.05, 3.63) is 17.8 Å². The highest BCUT2D eigenvalue weighted by atomic mass is 32.2. The number of nitrogens with zero attached hydrogens (tertiary/aromatic N) is 3. The zero-order valence-corrected chi connectivity index (χ0v) is 16.8. The number of esters is 3. The third-order valence-electron chi connectivity index (χ3n) is 4.07. The van der Waals surface area contributed by atoms with Gasteiger partial charge in [0.05, 0.1) is 9.92 Å². The average molecular weight is 424 g/mol. The van der Waals surface area contributed by atoms with Crippen LogP contribution in [0.5, 0.6) is 0 Å². The number of aromatic nitrogens is 2. The van der Waals surface area contributed by atoms with Gasteiger partial charge in [-0.05, 0) is 0 Å². The van der Waals surface area contributed by atoms with E-state index in [-0.39, 0.29) is 12.6 Å². The van der Waals surface area contributed by atoms with Gasteiger partial charge < -0.3 is 24.7 Å². The topological polar surface area (TPSA) is 143 Å². The molecule has 2 N–H and O–H groups in total. The van der Waals surface area contributed by atoms with Crippen LogP contribution in [-0.4, -0.2) is 59.0 Å². The van der Waals surface area contributed by atoms with Crippen molar-refractivity contribution in [2.45, 2.75) is 50.2 Å². The highest BCUT2D eigenvalue weighted by Crippen LogP contribution is 2.47. The molecular weight excluding hydrogens is 404 g/mol. The number of carbonyl (C=O) groups excluding carboxylic acids is 3. The van der Waals surface area contributed by atoms with Gasteiger partial charge in [-0.25, -0.2) is 4.98 Å². The predicted octanol–water partition coefficient (Wildman–Crippen LogP) is 0.593. The standard InChI is InChI=1S/C17H20N4O7S/c1-7-21(15-12(29-7)5-19-17(18)20-15)16-14(27-10(4)24)13(26-9(3)23)11(28-16)6-25-8(2)22/h5,11,13-14,16H,1,6H2,2-4H3,(H2,18,19,20)/t11-,13+,14-,16-/m1/s1. The summed E-state index contributed by atoms with van der Waals surface area (Å²) in [6.45, 7) is 7.47. The molecule has 12 heteroatoms. The molecule has 0 unspecified atom stereocenters. The van der Waals surface area contributed by atoms with Crippen LogP contribution in [0.2, 0.25) is 0 Å². The molecule has 1 aromatic rings. The molecule has 156 valence electrons. The second-order valence-electron chi connectivity index (χ2n) is 6.30. The summed E-state index contributed by atoms with van der Waals surface area (Å²) in [7, 11) is 0. The molecular formula is C17H20N4O7S. The van der Waals surface area contributed by atoms with Crippen molar-refractivity contribution in [1.29, 1.82) is 0 Å². The number of nitrogen functional groups attached to an aromatic ring is 1. The van der Waals surface area contributed by atoms with Gasteiger partial charge >= 0.3 is 17.9 Å². The molecule has 2 aliphatic rings. The minimum Gasteiger partial charge on any atom is -0.463 e. The van der Waals surface area contributed by atoms with Gasteiger partial charge in [0.1, 0.15) is 12.7 Å². The Morgan fingerprint density at radius 1 is 1.21 bits per heavy atom. The number of rotatable bonds is 5. The van der Waals surface area contributed by atoms with Gasteiger partial charge in [0.15, 0.2) is 24.3 Å². The lowest BCUT2D eigenvalue weighted by atomic mass is 10.1. The SMILES string of the molecule is C=C1Sc2cnc(N)nc2N1[C@@H]1O[C@H](COC(C)=O)[C@H](OC(C)=O)[C@H]1OC(C)=O. The Kier molecular flexibility index (Phi) is 5.94. The highest BCUT2D eigenvalue weighted by Gasteiger charge is 2.54. The van der Waals surface area contributed by atoms with E-state index in [0.717, 1.165) is 0 Å². The van der Waals surface area contributed by atoms with E-state index in [0.29, 0.717) is 15.7 Å². The maximum absolute atomic E-state index is 11.8. The Morgan fingerprint density at radius 3 is 2.48 bits per heavy atom. The maximum Gasteiger partial charge on any atom is 0.303 e. The number of anilines is 2. The molecule has 29 heavy (non-hydrogen) atoms. The van der Waals surface area contributed by atoms with Crippen LogP contribution in [-0.2, 0) is 33.3 Å². The minimum absolute atomic E-state index is 0.0408. The third-order valence-corrected chi connectivity index (χ3v) is 5.01. The van der Waals surface area contributed by atoms with Gasteiger partial charge in [0, 0.05) is 27.0 Å². The lowest BCUT2D eigenvalue weighted by Crippen LogP contribution is -2.46. The smallest absolute Gasteiger partial charge is 0.303 e. The Bertz CT molecular complexity index is 864. The lowest BCUT2D eigenvalue weighted by molar-refractivity contribution is -0.165. The molecule has 0 amide bonds. The van der Waals surface area contributed by atoms with Crippen LogP contribution >= 0.6 is 11.8 Å². The van der Waals surface area contributed by atoms with Crippen LogP contribution in [0.25, 0.3) is 0 Å². The van der Waals surface area contributed by atoms with Gasteiger partial charge in [0.2, 0.25) is 5.95 Å². The fourth-order valence-corrected chi connectivity index (χ4v) is 3.96. The summed E-state index contributed by atoms with van der Waals surface area (Å²) in [6.07, 6.45) is -2.32. The molecule has 11 nitrogen and oxygen atoms in total. The van der Waals surface area contributed by atoms with Gasteiger partial charge in [-0.2, -0.15) is 4.98 Å². The number of nitrogens with two attached hydrogens (primary N) is 1. The molecule has 1 aromatic heterocycles.